The number of pyridine rings is 1. The van der Waals surface area contributed by atoms with Crippen molar-refractivity contribution < 1.29 is 37.7 Å². The van der Waals surface area contributed by atoms with Crippen LogP contribution in [0.2, 0.25) is 0 Å². The molecule has 30 heavy (non-hydrogen) atoms. The van der Waals surface area contributed by atoms with E-state index in [0.29, 0.717) is 11.3 Å². The largest absolute Gasteiger partial charge is 0.497 e. The normalized spacial score (nSPS) is 13.6. The molecule has 0 saturated heterocycles. The van der Waals surface area contributed by atoms with Gasteiger partial charge in [0.25, 0.3) is 0 Å². The number of nitrogens with zero attached hydrogens (tertiary/aromatic N) is 2. The fraction of sp³-hybridized carbons (Fsp3) is 0.350. The van der Waals surface area contributed by atoms with Crippen molar-refractivity contribution in [3.63, 3.8) is 0 Å². The Morgan fingerprint density at radius 3 is 2.30 bits per heavy atom. The first kappa shape index (κ1) is 23.1. The number of carbonyl (C=O) groups is 2. The maximum absolute atomic E-state index is 11.5. The van der Waals surface area contributed by atoms with E-state index in [9.17, 15) is 23.1 Å². The molecule has 2 aromatic rings. The lowest BCUT2D eigenvalue weighted by Crippen LogP contribution is -2.31. The van der Waals surface area contributed by atoms with E-state index in [1.54, 1.807) is 14.0 Å². The van der Waals surface area contributed by atoms with Crippen LogP contribution in [0.25, 0.3) is 0 Å². The molecule has 1 aromatic heterocycles. The molecule has 0 bridgehead atoms. The van der Waals surface area contributed by atoms with E-state index in [-0.39, 0.29) is 0 Å². The minimum absolute atomic E-state index is 0.381. The Morgan fingerprint density at radius 1 is 1.20 bits per heavy atom. The number of carboxylic acid groups (broad SMARTS) is 2. The zero-order valence-corrected chi connectivity index (χ0v) is 16.4. The smallest absolute Gasteiger partial charge is 0.490 e. The average Bonchev–Trinajstić information content (AvgIpc) is 2.68. The van der Waals surface area contributed by atoms with Crippen LogP contribution >= 0.6 is 0 Å². The summed E-state index contributed by atoms with van der Waals surface area (Å²) in [4.78, 5) is 26.9. The predicted octanol–water partition coefficient (Wildman–Crippen LogP) is 3.29. The Labute approximate surface area is 170 Å². The van der Waals surface area contributed by atoms with Crippen molar-refractivity contribution >= 4 is 11.9 Å². The van der Waals surface area contributed by atoms with Gasteiger partial charge in [-0.2, -0.15) is 13.2 Å². The Morgan fingerprint density at radius 2 is 1.80 bits per heavy atom. The van der Waals surface area contributed by atoms with Crippen LogP contribution in [-0.2, 0) is 24.3 Å². The quantitative estimate of drug-likeness (QED) is 0.774. The van der Waals surface area contributed by atoms with Crippen LogP contribution in [0.5, 0.6) is 5.75 Å². The fourth-order valence-electron chi connectivity index (χ4n) is 3.12. The maximum Gasteiger partial charge on any atom is 0.490 e. The molecule has 10 heteroatoms. The molecule has 0 atom stereocenters. The van der Waals surface area contributed by atoms with Gasteiger partial charge in [0.2, 0.25) is 0 Å². The van der Waals surface area contributed by atoms with E-state index in [0.717, 1.165) is 42.9 Å². The van der Waals surface area contributed by atoms with Gasteiger partial charge in [0.1, 0.15) is 5.75 Å². The van der Waals surface area contributed by atoms with Crippen molar-refractivity contribution in [1.82, 2.24) is 9.88 Å². The van der Waals surface area contributed by atoms with E-state index in [1.807, 2.05) is 18.3 Å². The Balaban J connectivity index is 0.000000396. The molecule has 0 unspecified atom stereocenters. The Kier molecular flexibility index (Phi) is 7.38. The standard InChI is InChI=1S/C18H20N2O3.C2HF3O2/c1-12-17(18(21)22)16-7-8-20(11-14(16)9-19-12)10-13-3-5-15(23-2)6-4-13;3-2(4,5)1(6)7/h3-6,9H,7-8,10-11H2,1-2H3,(H,21,22);(H,6,7). The second kappa shape index (κ2) is 9.57. The number of ether oxygens (including phenoxy) is 1. The molecule has 0 amide bonds. The van der Waals surface area contributed by atoms with Gasteiger partial charge in [-0.05, 0) is 42.2 Å². The van der Waals surface area contributed by atoms with Crippen LogP contribution in [0.15, 0.2) is 30.5 Å². The molecule has 7 nitrogen and oxygen atoms in total. The summed E-state index contributed by atoms with van der Waals surface area (Å²) in [5.74, 6) is -2.79. The number of aryl methyl sites for hydroxylation is 1. The molecule has 2 heterocycles. The molecule has 162 valence electrons. The number of alkyl halides is 3. The lowest BCUT2D eigenvalue weighted by molar-refractivity contribution is -0.192. The van der Waals surface area contributed by atoms with Crippen molar-refractivity contribution in [3.05, 3.63) is 58.4 Å². The van der Waals surface area contributed by atoms with E-state index in [4.69, 9.17) is 14.6 Å². The van der Waals surface area contributed by atoms with Gasteiger partial charge in [0.05, 0.1) is 18.4 Å². The summed E-state index contributed by atoms with van der Waals surface area (Å²) >= 11 is 0. The number of aliphatic carboxylic acids is 1. The number of halogens is 3. The highest BCUT2D eigenvalue weighted by atomic mass is 19.4. The molecule has 1 aromatic carbocycles. The number of fused-ring (bicyclic) bond motifs is 1. The van der Waals surface area contributed by atoms with Gasteiger partial charge >= 0.3 is 18.1 Å². The number of aromatic carboxylic acids is 1. The molecule has 0 spiro atoms. The van der Waals surface area contributed by atoms with Crippen molar-refractivity contribution in [2.24, 2.45) is 0 Å². The third-order valence-electron chi connectivity index (χ3n) is 4.56. The highest BCUT2D eigenvalue weighted by Crippen LogP contribution is 2.25. The average molecular weight is 426 g/mol. The van der Waals surface area contributed by atoms with Crippen LogP contribution in [0, 0.1) is 6.92 Å². The second-order valence-corrected chi connectivity index (χ2v) is 6.64. The number of methoxy groups -OCH3 is 1. The monoisotopic (exact) mass is 426 g/mol. The fourth-order valence-corrected chi connectivity index (χ4v) is 3.12. The van der Waals surface area contributed by atoms with Crippen LogP contribution < -0.4 is 4.74 Å². The van der Waals surface area contributed by atoms with E-state index in [1.165, 1.54) is 5.56 Å². The third kappa shape index (κ3) is 5.93. The number of benzene rings is 1. The number of aromatic nitrogens is 1. The molecule has 1 aliphatic rings. The molecule has 3 rings (SSSR count). The summed E-state index contributed by atoms with van der Waals surface area (Å²) in [6.07, 6.45) is -2.52. The first-order valence-corrected chi connectivity index (χ1v) is 8.89. The Hall–Kier alpha value is -3.14. The van der Waals surface area contributed by atoms with Crippen molar-refractivity contribution in [1.29, 1.82) is 0 Å². The van der Waals surface area contributed by atoms with Crippen LogP contribution in [0.4, 0.5) is 13.2 Å². The van der Waals surface area contributed by atoms with Crippen molar-refractivity contribution in [3.8, 4) is 5.75 Å². The predicted molar refractivity (Wildman–Crippen MR) is 100 cm³/mol. The van der Waals surface area contributed by atoms with Gasteiger partial charge in [-0.25, -0.2) is 9.59 Å². The molecular formula is C20H21F3N2O5. The minimum Gasteiger partial charge on any atom is -0.497 e. The van der Waals surface area contributed by atoms with Gasteiger partial charge in [0, 0.05) is 25.8 Å². The van der Waals surface area contributed by atoms with Crippen LogP contribution in [0.1, 0.15) is 32.7 Å². The van der Waals surface area contributed by atoms with Crippen molar-refractivity contribution in [2.75, 3.05) is 13.7 Å². The zero-order valence-electron chi connectivity index (χ0n) is 16.4. The number of hydrogen-bond acceptors (Lipinski definition) is 5. The van der Waals surface area contributed by atoms with Gasteiger partial charge in [-0.3, -0.25) is 9.88 Å². The summed E-state index contributed by atoms with van der Waals surface area (Å²) in [5, 5.41) is 16.5. The molecular weight excluding hydrogens is 405 g/mol. The second-order valence-electron chi connectivity index (χ2n) is 6.64. The third-order valence-corrected chi connectivity index (χ3v) is 4.56. The summed E-state index contributed by atoms with van der Waals surface area (Å²) in [6.45, 7) is 4.17. The van der Waals surface area contributed by atoms with E-state index >= 15 is 0 Å². The lowest BCUT2D eigenvalue weighted by Gasteiger charge is -2.29. The summed E-state index contributed by atoms with van der Waals surface area (Å²) < 4.78 is 36.9. The summed E-state index contributed by atoms with van der Waals surface area (Å²) in [5.41, 5.74) is 4.16. The summed E-state index contributed by atoms with van der Waals surface area (Å²) in [7, 11) is 1.66. The van der Waals surface area contributed by atoms with Crippen molar-refractivity contribution in [2.45, 2.75) is 32.6 Å². The molecule has 2 N–H and O–H groups in total. The summed E-state index contributed by atoms with van der Waals surface area (Å²) in [6, 6.07) is 8.04. The highest BCUT2D eigenvalue weighted by Gasteiger charge is 2.38. The zero-order chi connectivity index (χ0) is 22.5. The molecule has 0 saturated carbocycles. The number of carboxylic acids is 2. The minimum atomic E-state index is -5.08. The first-order chi connectivity index (χ1) is 14.0. The molecule has 1 aliphatic heterocycles. The van der Waals surface area contributed by atoms with Crippen LogP contribution in [0.3, 0.4) is 0 Å². The first-order valence-electron chi connectivity index (χ1n) is 8.89. The van der Waals surface area contributed by atoms with E-state index in [2.05, 4.69) is 22.0 Å². The van der Waals surface area contributed by atoms with Gasteiger partial charge in [-0.1, -0.05) is 12.1 Å². The lowest BCUT2D eigenvalue weighted by atomic mass is 9.95. The topological polar surface area (TPSA) is 100.0 Å². The highest BCUT2D eigenvalue weighted by molar-refractivity contribution is 5.91. The van der Waals surface area contributed by atoms with E-state index < -0.39 is 18.1 Å². The van der Waals surface area contributed by atoms with Gasteiger partial charge in [0.15, 0.2) is 0 Å². The molecule has 0 fully saturated rings. The SMILES string of the molecule is COc1ccc(CN2CCc3c(cnc(C)c3C(=O)O)C2)cc1.O=C(O)C(F)(F)F. The number of hydrogen-bond donors (Lipinski definition) is 2. The van der Waals surface area contributed by atoms with Gasteiger partial charge < -0.3 is 14.9 Å². The maximum atomic E-state index is 11.5. The molecule has 0 radical (unpaired) electrons. The van der Waals surface area contributed by atoms with Gasteiger partial charge in [-0.15, -0.1) is 0 Å². The number of rotatable bonds is 4. The molecule has 0 aliphatic carbocycles. The van der Waals surface area contributed by atoms with Crippen LogP contribution in [-0.4, -0.2) is 51.9 Å². The Bertz CT molecular complexity index is 914.